The molecule has 0 aliphatic rings. The summed E-state index contributed by atoms with van der Waals surface area (Å²) in [5.41, 5.74) is -1.10. The van der Waals surface area contributed by atoms with Crippen LogP contribution in [0.5, 0.6) is 5.75 Å². The van der Waals surface area contributed by atoms with Crippen LogP contribution < -0.4 is 5.32 Å². The Morgan fingerprint density at radius 3 is 2.57 bits per heavy atom. The van der Waals surface area contributed by atoms with Crippen molar-refractivity contribution in [2.45, 2.75) is 6.18 Å². The summed E-state index contributed by atoms with van der Waals surface area (Å²) in [4.78, 5) is 15.4. The van der Waals surface area contributed by atoms with Gasteiger partial charge in [-0.2, -0.15) is 13.2 Å². The summed E-state index contributed by atoms with van der Waals surface area (Å²) in [5.74, 6) is -0.927. The number of hydrogen-bond donors (Lipinski definition) is 2. The Labute approximate surface area is 122 Å². The van der Waals surface area contributed by atoms with E-state index in [1.807, 2.05) is 0 Å². The molecule has 0 bridgehead atoms. The lowest BCUT2D eigenvalue weighted by Crippen LogP contribution is -2.13. The molecule has 8 heteroatoms. The molecule has 1 amide bonds. The average Bonchev–Trinajstić information content (AvgIpc) is 2.39. The molecule has 1 aromatic heterocycles. The Hall–Kier alpha value is -2.28. The second-order valence-electron chi connectivity index (χ2n) is 4.08. The maximum atomic E-state index is 12.7. The number of halogens is 4. The number of aromatic nitrogens is 1. The Balaban J connectivity index is 2.26. The number of nitrogens with zero attached hydrogens (tertiary/aromatic N) is 1. The highest BCUT2D eigenvalue weighted by molar-refractivity contribution is 6.31. The van der Waals surface area contributed by atoms with Crippen LogP contribution in [0.4, 0.5) is 18.9 Å². The molecule has 2 N–H and O–H groups in total. The van der Waals surface area contributed by atoms with Crippen molar-refractivity contribution in [1.29, 1.82) is 0 Å². The quantitative estimate of drug-likeness (QED) is 0.887. The molecule has 0 aliphatic carbocycles. The number of carbonyl (C=O) groups is 1. The molecule has 4 nitrogen and oxygen atoms in total. The minimum atomic E-state index is -4.62. The van der Waals surface area contributed by atoms with E-state index in [-0.39, 0.29) is 17.0 Å². The number of alkyl halides is 3. The number of amides is 1. The van der Waals surface area contributed by atoms with Gasteiger partial charge in [-0.25, -0.2) is 0 Å². The van der Waals surface area contributed by atoms with Crippen LogP contribution in [0.25, 0.3) is 0 Å². The lowest BCUT2D eigenvalue weighted by molar-refractivity contribution is -0.137. The highest BCUT2D eigenvalue weighted by Crippen LogP contribution is 2.36. The molecule has 21 heavy (non-hydrogen) atoms. The van der Waals surface area contributed by atoms with Crippen molar-refractivity contribution < 1.29 is 23.1 Å². The smallest absolute Gasteiger partial charge is 0.417 e. The molecule has 0 saturated heterocycles. The van der Waals surface area contributed by atoms with E-state index in [4.69, 9.17) is 11.6 Å². The van der Waals surface area contributed by atoms with Gasteiger partial charge in [0.1, 0.15) is 5.75 Å². The Morgan fingerprint density at radius 2 is 1.95 bits per heavy atom. The third-order valence-electron chi connectivity index (χ3n) is 2.52. The standard InChI is InChI=1S/C13H8ClF3N2O2/c14-11-2-1-8(4-10(11)13(15,16)17)19-12(21)7-3-9(20)6-18-5-7/h1-6,20H,(H,19,21). The molecular weight excluding hydrogens is 309 g/mol. The molecule has 1 aromatic carbocycles. The molecule has 0 aliphatic heterocycles. The van der Waals surface area contributed by atoms with Crippen molar-refractivity contribution in [2.75, 3.05) is 5.32 Å². The fourth-order valence-corrected chi connectivity index (χ4v) is 1.80. The van der Waals surface area contributed by atoms with Gasteiger partial charge in [0.25, 0.3) is 5.91 Å². The van der Waals surface area contributed by atoms with E-state index < -0.39 is 22.7 Å². The second kappa shape index (κ2) is 5.61. The molecule has 0 saturated carbocycles. The summed E-state index contributed by atoms with van der Waals surface area (Å²) in [7, 11) is 0. The predicted molar refractivity (Wildman–Crippen MR) is 70.3 cm³/mol. The van der Waals surface area contributed by atoms with Gasteiger partial charge in [0.05, 0.1) is 22.3 Å². The number of hydrogen-bond acceptors (Lipinski definition) is 3. The largest absolute Gasteiger partial charge is 0.506 e. The first-order valence-electron chi connectivity index (χ1n) is 5.59. The highest BCUT2D eigenvalue weighted by Gasteiger charge is 2.33. The molecule has 0 fully saturated rings. The van der Waals surface area contributed by atoms with Gasteiger partial charge in [0.2, 0.25) is 0 Å². The van der Waals surface area contributed by atoms with Crippen molar-refractivity contribution >= 4 is 23.2 Å². The van der Waals surface area contributed by atoms with Crippen molar-refractivity contribution in [3.05, 3.63) is 52.8 Å². The number of aromatic hydroxyl groups is 1. The summed E-state index contributed by atoms with van der Waals surface area (Å²) >= 11 is 5.48. The molecule has 0 unspecified atom stereocenters. The third-order valence-corrected chi connectivity index (χ3v) is 2.85. The first kappa shape index (κ1) is 15.1. The van der Waals surface area contributed by atoms with Crippen molar-refractivity contribution in [3.8, 4) is 5.75 Å². The van der Waals surface area contributed by atoms with Crippen molar-refractivity contribution in [1.82, 2.24) is 4.98 Å². The van der Waals surface area contributed by atoms with Crippen LogP contribution in [-0.2, 0) is 6.18 Å². The fourth-order valence-electron chi connectivity index (χ4n) is 1.58. The first-order chi connectivity index (χ1) is 9.77. The van der Waals surface area contributed by atoms with Gasteiger partial charge in [-0.3, -0.25) is 9.78 Å². The Morgan fingerprint density at radius 1 is 1.24 bits per heavy atom. The predicted octanol–water partition coefficient (Wildman–Crippen LogP) is 3.71. The van der Waals surface area contributed by atoms with E-state index in [0.717, 1.165) is 24.4 Å². The van der Waals surface area contributed by atoms with Gasteiger partial charge in [0, 0.05) is 11.9 Å². The van der Waals surface area contributed by atoms with E-state index >= 15 is 0 Å². The van der Waals surface area contributed by atoms with Crippen LogP contribution in [0.15, 0.2) is 36.7 Å². The lowest BCUT2D eigenvalue weighted by Gasteiger charge is -2.11. The summed E-state index contributed by atoms with van der Waals surface area (Å²) in [5, 5.41) is 11.0. The van der Waals surface area contributed by atoms with Gasteiger partial charge in [0.15, 0.2) is 0 Å². The second-order valence-corrected chi connectivity index (χ2v) is 4.49. The number of nitrogens with one attached hydrogen (secondary N) is 1. The van der Waals surface area contributed by atoms with Crippen LogP contribution in [0.2, 0.25) is 5.02 Å². The normalized spacial score (nSPS) is 11.2. The first-order valence-corrected chi connectivity index (χ1v) is 5.97. The van der Waals surface area contributed by atoms with E-state index in [0.29, 0.717) is 0 Å². The van der Waals surface area contributed by atoms with Crippen LogP contribution in [0.3, 0.4) is 0 Å². The van der Waals surface area contributed by atoms with E-state index in [2.05, 4.69) is 10.3 Å². The molecule has 0 spiro atoms. The third kappa shape index (κ3) is 3.63. The maximum Gasteiger partial charge on any atom is 0.417 e. The minimum absolute atomic E-state index is 0.0125. The summed E-state index contributed by atoms with van der Waals surface area (Å²) < 4.78 is 38.1. The lowest BCUT2D eigenvalue weighted by atomic mass is 10.2. The van der Waals surface area contributed by atoms with Crippen molar-refractivity contribution in [3.63, 3.8) is 0 Å². The summed E-state index contributed by atoms with van der Waals surface area (Å²) in [6.07, 6.45) is -2.32. The van der Waals surface area contributed by atoms with Gasteiger partial charge in [-0.05, 0) is 24.3 Å². The van der Waals surface area contributed by atoms with Crippen molar-refractivity contribution in [2.24, 2.45) is 0 Å². The maximum absolute atomic E-state index is 12.7. The summed E-state index contributed by atoms with van der Waals surface area (Å²) in [6, 6.07) is 4.16. The zero-order valence-electron chi connectivity index (χ0n) is 10.3. The molecular formula is C13H8ClF3N2O2. The topological polar surface area (TPSA) is 62.2 Å². The number of anilines is 1. The molecule has 110 valence electrons. The highest BCUT2D eigenvalue weighted by atomic mass is 35.5. The zero-order chi connectivity index (χ0) is 15.6. The fraction of sp³-hybridized carbons (Fsp3) is 0.0769. The zero-order valence-corrected chi connectivity index (χ0v) is 11.0. The van der Waals surface area contributed by atoms with Gasteiger partial charge in [-0.15, -0.1) is 0 Å². The van der Waals surface area contributed by atoms with Crippen LogP contribution in [0.1, 0.15) is 15.9 Å². The van der Waals surface area contributed by atoms with Gasteiger partial charge in [-0.1, -0.05) is 11.6 Å². The minimum Gasteiger partial charge on any atom is -0.506 e. The SMILES string of the molecule is O=C(Nc1ccc(Cl)c(C(F)(F)F)c1)c1cncc(O)c1. The Kier molecular flexibility index (Phi) is 4.04. The molecule has 2 rings (SSSR count). The summed E-state index contributed by atoms with van der Waals surface area (Å²) in [6.45, 7) is 0. The number of carbonyl (C=O) groups excluding carboxylic acids is 1. The van der Waals surface area contributed by atoms with E-state index in [1.54, 1.807) is 0 Å². The number of benzene rings is 1. The molecule has 0 radical (unpaired) electrons. The number of rotatable bonds is 2. The van der Waals surface area contributed by atoms with Crippen LogP contribution >= 0.6 is 11.6 Å². The van der Waals surface area contributed by atoms with E-state index in [9.17, 15) is 23.1 Å². The van der Waals surface area contributed by atoms with Crippen LogP contribution in [0, 0.1) is 0 Å². The van der Waals surface area contributed by atoms with Crippen LogP contribution in [-0.4, -0.2) is 16.0 Å². The molecule has 2 aromatic rings. The van der Waals surface area contributed by atoms with Gasteiger partial charge >= 0.3 is 6.18 Å². The average molecular weight is 317 g/mol. The van der Waals surface area contributed by atoms with Gasteiger partial charge < -0.3 is 10.4 Å². The molecule has 1 heterocycles. The monoisotopic (exact) mass is 316 g/mol. The number of pyridine rings is 1. The Bertz CT molecular complexity index is 689. The molecule has 0 atom stereocenters. The van der Waals surface area contributed by atoms with E-state index in [1.165, 1.54) is 12.3 Å².